The first kappa shape index (κ1) is 20.7. The number of piperidine rings is 1. The van der Waals surface area contributed by atoms with Crippen molar-refractivity contribution in [3.8, 4) is 0 Å². The van der Waals surface area contributed by atoms with E-state index < -0.39 is 23.8 Å². The monoisotopic (exact) mass is 420 g/mol. The highest BCUT2D eigenvalue weighted by Crippen LogP contribution is 2.28. The Morgan fingerprint density at radius 1 is 1.00 bits per heavy atom. The van der Waals surface area contributed by atoms with E-state index in [9.17, 15) is 19.2 Å². The van der Waals surface area contributed by atoms with Crippen LogP contribution in [0.25, 0.3) is 0 Å². The number of carbonyl (C=O) groups excluding carboxylic acids is 4. The number of nitrogens with zero attached hydrogens (tertiary/aromatic N) is 1. The zero-order valence-electron chi connectivity index (χ0n) is 17.2. The van der Waals surface area contributed by atoms with Gasteiger partial charge in [0.2, 0.25) is 11.8 Å². The second kappa shape index (κ2) is 8.69. The summed E-state index contributed by atoms with van der Waals surface area (Å²) in [6.45, 7) is 4.16. The predicted molar refractivity (Wildman–Crippen MR) is 114 cm³/mol. The van der Waals surface area contributed by atoms with Crippen molar-refractivity contribution < 1.29 is 19.2 Å². The van der Waals surface area contributed by atoms with Gasteiger partial charge in [0.1, 0.15) is 6.04 Å². The molecule has 4 rings (SSSR count). The molecule has 0 saturated carbocycles. The van der Waals surface area contributed by atoms with E-state index >= 15 is 0 Å². The molecular weight excluding hydrogens is 396 g/mol. The smallest absolute Gasteiger partial charge is 0.262 e. The van der Waals surface area contributed by atoms with E-state index in [1.165, 1.54) is 0 Å². The van der Waals surface area contributed by atoms with Crippen LogP contribution < -0.4 is 16.0 Å². The van der Waals surface area contributed by atoms with Gasteiger partial charge in [0.25, 0.3) is 11.8 Å². The highest BCUT2D eigenvalue weighted by molar-refractivity contribution is 6.23. The Kier molecular flexibility index (Phi) is 5.81. The first-order chi connectivity index (χ1) is 15.0. The molecule has 160 valence electrons. The second-order valence-corrected chi connectivity index (χ2v) is 7.62. The fourth-order valence-electron chi connectivity index (χ4n) is 3.93. The van der Waals surface area contributed by atoms with Crippen LogP contribution >= 0.6 is 0 Å². The number of nitrogens with one attached hydrogen (secondary N) is 3. The molecule has 8 heteroatoms. The van der Waals surface area contributed by atoms with Crippen LogP contribution in [-0.2, 0) is 22.7 Å². The van der Waals surface area contributed by atoms with E-state index in [0.29, 0.717) is 6.54 Å². The fraction of sp³-hybridized carbons (Fsp3) is 0.304. The zero-order valence-corrected chi connectivity index (χ0v) is 17.2. The standard InChI is InChI=1S/C23H24N4O4/c1-2-24-13-15-5-3-4-6-18(15)25-12-14-7-8-16-17(11-14)23(31)27(22(16)30)19-9-10-20(28)26-21(19)29/h3-8,11,19,24-25H,2,9-10,12-13H2,1H3,(H,26,28,29). The number of rotatable bonds is 7. The van der Waals surface area contributed by atoms with Gasteiger partial charge in [-0.3, -0.25) is 29.4 Å². The minimum Gasteiger partial charge on any atom is -0.381 e. The summed E-state index contributed by atoms with van der Waals surface area (Å²) in [6.07, 6.45) is 0.248. The van der Waals surface area contributed by atoms with Gasteiger partial charge in [0.15, 0.2) is 0 Å². The van der Waals surface area contributed by atoms with E-state index in [1.54, 1.807) is 18.2 Å². The second-order valence-electron chi connectivity index (χ2n) is 7.62. The quantitative estimate of drug-likeness (QED) is 0.590. The van der Waals surface area contributed by atoms with Gasteiger partial charge in [-0.2, -0.15) is 0 Å². The Bertz CT molecular complexity index is 1070. The summed E-state index contributed by atoms with van der Waals surface area (Å²) < 4.78 is 0. The van der Waals surface area contributed by atoms with E-state index in [4.69, 9.17) is 0 Å². The summed E-state index contributed by atoms with van der Waals surface area (Å²) in [7, 11) is 0. The van der Waals surface area contributed by atoms with Crippen molar-refractivity contribution in [3.05, 3.63) is 64.7 Å². The van der Waals surface area contributed by atoms with Crippen LogP contribution in [0.4, 0.5) is 5.69 Å². The molecule has 2 aliphatic rings. The first-order valence-corrected chi connectivity index (χ1v) is 10.4. The number of amides is 4. The molecule has 2 aliphatic heterocycles. The Morgan fingerprint density at radius 3 is 2.55 bits per heavy atom. The molecule has 31 heavy (non-hydrogen) atoms. The maximum atomic E-state index is 12.9. The van der Waals surface area contributed by atoms with Gasteiger partial charge < -0.3 is 10.6 Å². The van der Waals surface area contributed by atoms with Gasteiger partial charge >= 0.3 is 0 Å². The van der Waals surface area contributed by atoms with Crippen molar-refractivity contribution >= 4 is 29.3 Å². The maximum absolute atomic E-state index is 12.9. The van der Waals surface area contributed by atoms with Crippen LogP contribution in [0.5, 0.6) is 0 Å². The van der Waals surface area contributed by atoms with Gasteiger partial charge in [-0.1, -0.05) is 31.2 Å². The zero-order chi connectivity index (χ0) is 22.0. The van der Waals surface area contributed by atoms with Gasteiger partial charge in [-0.05, 0) is 42.3 Å². The van der Waals surface area contributed by atoms with Crippen molar-refractivity contribution in [3.63, 3.8) is 0 Å². The van der Waals surface area contributed by atoms with Crippen molar-refractivity contribution in [2.24, 2.45) is 0 Å². The summed E-state index contributed by atoms with van der Waals surface area (Å²) in [4.78, 5) is 50.3. The minimum atomic E-state index is -0.954. The lowest BCUT2D eigenvalue weighted by molar-refractivity contribution is -0.136. The molecule has 1 unspecified atom stereocenters. The molecule has 4 amide bonds. The van der Waals surface area contributed by atoms with Crippen molar-refractivity contribution in [1.29, 1.82) is 0 Å². The molecule has 0 radical (unpaired) electrons. The number of fused-ring (bicyclic) bond motifs is 1. The molecule has 1 fully saturated rings. The van der Waals surface area contributed by atoms with Gasteiger partial charge in [0.05, 0.1) is 11.1 Å². The van der Waals surface area contributed by atoms with Gasteiger partial charge in [-0.15, -0.1) is 0 Å². The third kappa shape index (κ3) is 4.06. The largest absolute Gasteiger partial charge is 0.381 e. The number of hydrogen-bond acceptors (Lipinski definition) is 6. The third-order valence-corrected chi connectivity index (χ3v) is 5.57. The van der Waals surface area contributed by atoms with E-state index in [2.05, 4.69) is 22.9 Å². The number of anilines is 1. The van der Waals surface area contributed by atoms with Crippen LogP contribution in [0.15, 0.2) is 42.5 Å². The summed E-state index contributed by atoms with van der Waals surface area (Å²) in [5.41, 5.74) is 3.56. The van der Waals surface area contributed by atoms with Gasteiger partial charge in [0, 0.05) is 25.2 Å². The van der Waals surface area contributed by atoms with Crippen molar-refractivity contribution in [2.75, 3.05) is 11.9 Å². The minimum absolute atomic E-state index is 0.102. The summed E-state index contributed by atoms with van der Waals surface area (Å²) in [6, 6.07) is 12.2. The molecule has 0 bridgehead atoms. The normalized spacial score (nSPS) is 18.2. The van der Waals surface area contributed by atoms with Crippen LogP contribution in [-0.4, -0.2) is 41.1 Å². The van der Waals surface area contributed by atoms with Crippen molar-refractivity contribution in [1.82, 2.24) is 15.5 Å². The van der Waals surface area contributed by atoms with Gasteiger partial charge in [-0.25, -0.2) is 0 Å². The number of carbonyl (C=O) groups is 4. The fourth-order valence-corrected chi connectivity index (χ4v) is 3.93. The molecule has 1 atom stereocenters. The summed E-state index contributed by atoms with van der Waals surface area (Å²) >= 11 is 0. The van der Waals surface area contributed by atoms with Crippen molar-refractivity contribution in [2.45, 2.75) is 38.9 Å². The number of benzene rings is 2. The van der Waals surface area contributed by atoms with E-state index in [0.717, 1.165) is 34.8 Å². The topological polar surface area (TPSA) is 108 Å². The van der Waals surface area contributed by atoms with E-state index in [1.807, 2.05) is 24.3 Å². The molecular formula is C23H24N4O4. The molecule has 2 aromatic carbocycles. The molecule has 0 aliphatic carbocycles. The average Bonchev–Trinajstić information content (AvgIpc) is 3.01. The Morgan fingerprint density at radius 2 is 1.77 bits per heavy atom. The highest BCUT2D eigenvalue weighted by Gasteiger charge is 2.44. The SMILES string of the molecule is CCNCc1ccccc1NCc1ccc2c(c1)C(=O)N(C1CCC(=O)NC1=O)C2=O. The molecule has 2 aromatic rings. The lowest BCUT2D eigenvalue weighted by atomic mass is 10.0. The van der Waals surface area contributed by atoms with Crippen LogP contribution in [0.2, 0.25) is 0 Å². The molecule has 2 heterocycles. The van der Waals surface area contributed by atoms with Crippen LogP contribution in [0.1, 0.15) is 51.6 Å². The lowest BCUT2D eigenvalue weighted by Crippen LogP contribution is -2.54. The lowest BCUT2D eigenvalue weighted by Gasteiger charge is -2.27. The Hall–Kier alpha value is -3.52. The first-order valence-electron chi connectivity index (χ1n) is 10.4. The van der Waals surface area contributed by atoms with E-state index in [-0.39, 0.29) is 29.9 Å². The maximum Gasteiger partial charge on any atom is 0.262 e. The summed E-state index contributed by atoms with van der Waals surface area (Å²) in [5.74, 6) is -1.99. The molecule has 1 saturated heterocycles. The molecule has 0 aromatic heterocycles. The third-order valence-electron chi connectivity index (χ3n) is 5.57. The molecule has 8 nitrogen and oxygen atoms in total. The molecule has 3 N–H and O–H groups in total. The highest BCUT2D eigenvalue weighted by atomic mass is 16.2. The number of imide groups is 2. The summed E-state index contributed by atoms with van der Waals surface area (Å²) in [5, 5.41) is 8.90. The Labute approximate surface area is 180 Å². The Balaban J connectivity index is 1.50. The molecule has 0 spiro atoms. The average molecular weight is 420 g/mol. The predicted octanol–water partition coefficient (Wildman–Crippen LogP) is 1.81. The number of para-hydroxylation sites is 1. The number of hydrogen-bond donors (Lipinski definition) is 3. The van der Waals surface area contributed by atoms with Crippen LogP contribution in [0.3, 0.4) is 0 Å². The van der Waals surface area contributed by atoms with Crippen LogP contribution in [0, 0.1) is 0 Å².